The molecule has 1 aliphatic rings. The molecule has 3 rings (SSSR count). The maximum atomic E-state index is 14.2. The number of nitrogens with zero attached hydrogens (tertiary/aromatic N) is 3. The maximum Gasteiger partial charge on any atom is 0.343 e. The van der Waals surface area contributed by atoms with Crippen LogP contribution in [0.5, 0.6) is 0 Å². The third-order valence-corrected chi connectivity index (χ3v) is 4.73. The van der Waals surface area contributed by atoms with Gasteiger partial charge in [-0.15, -0.1) is 0 Å². The summed E-state index contributed by atoms with van der Waals surface area (Å²) in [5, 5.41) is 13.4. The number of halogens is 1. The Morgan fingerprint density at radius 1 is 1.28 bits per heavy atom. The van der Waals surface area contributed by atoms with Gasteiger partial charge in [-0.05, 0) is 26.0 Å². The van der Waals surface area contributed by atoms with Crippen molar-refractivity contribution >= 4 is 11.9 Å². The van der Waals surface area contributed by atoms with E-state index in [0.29, 0.717) is 0 Å². The van der Waals surface area contributed by atoms with Crippen LogP contribution in [0.3, 0.4) is 0 Å². The lowest BCUT2D eigenvalue weighted by Gasteiger charge is -2.18. The van der Waals surface area contributed by atoms with Crippen LogP contribution in [0.1, 0.15) is 23.4 Å². The van der Waals surface area contributed by atoms with Crippen LogP contribution in [0.25, 0.3) is 5.69 Å². The average Bonchev–Trinajstić information content (AvgIpc) is 3.12. The second kappa shape index (κ2) is 6.31. The quantitative estimate of drug-likeness (QED) is 0.920. The molecule has 1 amide bonds. The molecule has 1 unspecified atom stereocenters. The number of carboxylic acids is 1. The minimum absolute atomic E-state index is 0.0835. The third kappa shape index (κ3) is 3.14. The molecule has 1 atom stereocenters. The number of aliphatic carboxylic acids is 1. The number of likely N-dealkylation sites (tertiary alicyclic amines) is 1. The minimum atomic E-state index is -2.34. The topological polar surface area (TPSA) is 75.4 Å². The number of hydrogen-bond acceptors (Lipinski definition) is 3. The largest absolute Gasteiger partial charge is 0.479 e. The van der Waals surface area contributed by atoms with Crippen molar-refractivity contribution in [2.75, 3.05) is 13.1 Å². The predicted octanol–water partition coefficient (Wildman–Crippen LogP) is 2.06. The van der Waals surface area contributed by atoms with E-state index in [9.17, 15) is 14.0 Å². The number of alkyl halides is 1. The molecule has 0 aliphatic carbocycles. The van der Waals surface area contributed by atoms with E-state index in [1.54, 1.807) is 4.68 Å². The molecule has 25 heavy (non-hydrogen) atoms. The van der Waals surface area contributed by atoms with E-state index in [0.717, 1.165) is 22.6 Å². The molecule has 0 saturated carbocycles. The monoisotopic (exact) mass is 345 g/mol. The molecule has 2 heterocycles. The highest BCUT2D eigenvalue weighted by Crippen LogP contribution is 2.27. The Bertz CT molecular complexity index is 818. The molecule has 132 valence electrons. The van der Waals surface area contributed by atoms with E-state index in [1.807, 2.05) is 44.2 Å². The summed E-state index contributed by atoms with van der Waals surface area (Å²) >= 11 is 0. The summed E-state index contributed by atoms with van der Waals surface area (Å²) < 4.78 is 15.9. The number of benzene rings is 1. The summed E-state index contributed by atoms with van der Waals surface area (Å²) in [5.41, 5.74) is 0.935. The van der Waals surface area contributed by atoms with Crippen LogP contribution in [0.15, 0.2) is 30.3 Å². The first kappa shape index (κ1) is 17.1. The molecule has 0 radical (unpaired) electrons. The van der Waals surface area contributed by atoms with Gasteiger partial charge in [0.2, 0.25) is 11.6 Å². The molecular weight excluding hydrogens is 325 g/mol. The van der Waals surface area contributed by atoms with Gasteiger partial charge >= 0.3 is 5.97 Å². The molecule has 1 saturated heterocycles. The number of aryl methyl sites for hydroxylation is 1. The van der Waals surface area contributed by atoms with Crippen molar-refractivity contribution in [3.63, 3.8) is 0 Å². The van der Waals surface area contributed by atoms with Gasteiger partial charge in [-0.3, -0.25) is 4.79 Å². The van der Waals surface area contributed by atoms with Crippen LogP contribution in [0.4, 0.5) is 4.39 Å². The molecule has 1 aromatic carbocycles. The lowest BCUT2D eigenvalue weighted by atomic mass is 10.1. The summed E-state index contributed by atoms with van der Waals surface area (Å²) in [6.07, 6.45) is -0.0878. The van der Waals surface area contributed by atoms with Gasteiger partial charge in [-0.2, -0.15) is 5.10 Å². The van der Waals surface area contributed by atoms with E-state index < -0.39 is 18.2 Å². The van der Waals surface area contributed by atoms with E-state index >= 15 is 0 Å². The number of amides is 1. The van der Waals surface area contributed by atoms with Crippen LogP contribution in [0, 0.1) is 13.8 Å². The van der Waals surface area contributed by atoms with Gasteiger partial charge in [-0.25, -0.2) is 13.9 Å². The fourth-order valence-electron chi connectivity index (χ4n) is 3.17. The SMILES string of the molecule is Cc1nn(-c2ccccc2)c(C)c1CC(=O)N1CCC(F)(C(=O)O)C1. The van der Waals surface area contributed by atoms with Crippen molar-refractivity contribution in [2.45, 2.75) is 32.4 Å². The molecule has 1 aliphatic heterocycles. The number of hydrogen-bond donors (Lipinski definition) is 1. The normalized spacial score (nSPS) is 20.0. The lowest BCUT2D eigenvalue weighted by Crippen LogP contribution is -2.39. The van der Waals surface area contributed by atoms with E-state index in [4.69, 9.17) is 5.11 Å². The number of carboxylic acid groups (broad SMARTS) is 1. The zero-order valence-corrected chi connectivity index (χ0v) is 14.2. The molecule has 1 N–H and O–H groups in total. The molecule has 0 spiro atoms. The van der Waals surface area contributed by atoms with Crippen LogP contribution >= 0.6 is 0 Å². The Morgan fingerprint density at radius 3 is 2.56 bits per heavy atom. The van der Waals surface area contributed by atoms with Crippen molar-refractivity contribution in [2.24, 2.45) is 0 Å². The third-order valence-electron chi connectivity index (χ3n) is 4.73. The van der Waals surface area contributed by atoms with Gasteiger partial charge in [0.25, 0.3) is 0 Å². The zero-order chi connectivity index (χ0) is 18.2. The Labute approximate surface area is 144 Å². The Balaban J connectivity index is 1.79. The predicted molar refractivity (Wildman–Crippen MR) is 89.4 cm³/mol. The first-order valence-corrected chi connectivity index (χ1v) is 8.12. The summed E-state index contributed by atoms with van der Waals surface area (Å²) in [4.78, 5) is 24.8. The Kier molecular flexibility index (Phi) is 4.32. The standard InChI is InChI=1S/C18H20FN3O3/c1-12-15(13(2)22(20-12)14-6-4-3-5-7-14)10-16(23)21-9-8-18(19,11-21)17(24)25/h3-7H,8-11H2,1-2H3,(H,24,25). The van der Waals surface area contributed by atoms with Crippen LogP contribution in [-0.2, 0) is 16.0 Å². The number of aromatic nitrogens is 2. The highest BCUT2D eigenvalue weighted by atomic mass is 19.1. The Hall–Kier alpha value is -2.70. The summed E-state index contributed by atoms with van der Waals surface area (Å²) in [7, 11) is 0. The average molecular weight is 345 g/mol. The van der Waals surface area contributed by atoms with E-state index in [2.05, 4.69) is 5.10 Å². The van der Waals surface area contributed by atoms with Gasteiger partial charge in [0, 0.05) is 24.2 Å². The summed E-state index contributed by atoms with van der Waals surface area (Å²) in [5.74, 6) is -1.79. The fraction of sp³-hybridized carbons (Fsp3) is 0.389. The highest BCUT2D eigenvalue weighted by Gasteiger charge is 2.46. The summed E-state index contributed by atoms with van der Waals surface area (Å²) in [6.45, 7) is 3.44. The van der Waals surface area contributed by atoms with Crippen LogP contribution < -0.4 is 0 Å². The minimum Gasteiger partial charge on any atom is -0.479 e. The maximum absolute atomic E-state index is 14.2. The molecule has 6 nitrogen and oxygen atoms in total. The molecule has 7 heteroatoms. The highest BCUT2D eigenvalue weighted by molar-refractivity contribution is 5.83. The van der Waals surface area contributed by atoms with Gasteiger partial charge in [0.05, 0.1) is 24.3 Å². The second-order valence-corrected chi connectivity index (χ2v) is 6.41. The summed E-state index contributed by atoms with van der Waals surface area (Å²) in [6, 6.07) is 9.59. The lowest BCUT2D eigenvalue weighted by molar-refractivity contribution is -0.150. The molecule has 1 aromatic heterocycles. The number of rotatable bonds is 4. The zero-order valence-electron chi connectivity index (χ0n) is 14.2. The van der Waals surface area contributed by atoms with Crippen molar-refractivity contribution in [3.05, 3.63) is 47.3 Å². The smallest absolute Gasteiger partial charge is 0.343 e. The first-order valence-electron chi connectivity index (χ1n) is 8.12. The van der Waals surface area contributed by atoms with E-state index in [1.165, 1.54) is 4.90 Å². The molecule has 1 fully saturated rings. The second-order valence-electron chi connectivity index (χ2n) is 6.41. The number of para-hydroxylation sites is 1. The van der Waals surface area contributed by atoms with Gasteiger partial charge < -0.3 is 10.0 Å². The molecular formula is C18H20FN3O3. The van der Waals surface area contributed by atoms with Crippen molar-refractivity contribution in [1.29, 1.82) is 0 Å². The van der Waals surface area contributed by atoms with Gasteiger partial charge in [-0.1, -0.05) is 18.2 Å². The number of carbonyl (C=O) groups excluding carboxylic acids is 1. The van der Waals surface area contributed by atoms with Crippen molar-refractivity contribution < 1.29 is 19.1 Å². The first-order chi connectivity index (χ1) is 11.8. The number of carbonyl (C=O) groups is 2. The fourth-order valence-corrected chi connectivity index (χ4v) is 3.17. The van der Waals surface area contributed by atoms with E-state index in [-0.39, 0.29) is 25.3 Å². The van der Waals surface area contributed by atoms with Gasteiger partial charge in [0.15, 0.2) is 0 Å². The van der Waals surface area contributed by atoms with Crippen LogP contribution in [-0.4, -0.2) is 50.4 Å². The van der Waals surface area contributed by atoms with Crippen molar-refractivity contribution in [1.82, 2.24) is 14.7 Å². The molecule has 2 aromatic rings. The Morgan fingerprint density at radius 2 is 1.96 bits per heavy atom. The van der Waals surface area contributed by atoms with Crippen molar-refractivity contribution in [3.8, 4) is 5.69 Å². The molecule has 0 bridgehead atoms. The van der Waals surface area contributed by atoms with Gasteiger partial charge in [0.1, 0.15) is 0 Å². The van der Waals surface area contributed by atoms with Crippen LogP contribution in [0.2, 0.25) is 0 Å².